The molecule has 1 N–H and O–H groups in total. The van der Waals surface area contributed by atoms with Gasteiger partial charge in [-0.05, 0) is 44.2 Å². The summed E-state index contributed by atoms with van der Waals surface area (Å²) in [6.45, 7) is 7.79. The summed E-state index contributed by atoms with van der Waals surface area (Å²) in [6, 6.07) is 10.2. The molecule has 0 aliphatic carbocycles. The molecule has 0 saturated carbocycles. The van der Waals surface area contributed by atoms with Crippen molar-refractivity contribution in [1.29, 1.82) is 0 Å². The second-order valence-corrected chi connectivity index (χ2v) is 8.51. The standard InChI is InChI=1S/C22H24N6OS/c1-15(2)29-17-3-4-19-18(14-17)21(26-25-19)16-5-6-23-20(13-16)27-8-10-28(11-9-27)22-24-7-12-30-22/h3-7,12-15H,8-11H2,1-2H3,(H,25,26). The molecule has 1 aliphatic heterocycles. The highest BCUT2D eigenvalue weighted by molar-refractivity contribution is 7.13. The summed E-state index contributed by atoms with van der Waals surface area (Å²) >= 11 is 1.69. The average molecular weight is 421 g/mol. The molecule has 0 atom stereocenters. The van der Waals surface area contributed by atoms with E-state index in [9.17, 15) is 0 Å². The second-order valence-electron chi connectivity index (χ2n) is 7.64. The zero-order valence-corrected chi connectivity index (χ0v) is 17.9. The van der Waals surface area contributed by atoms with Gasteiger partial charge in [0.05, 0.1) is 11.6 Å². The Bertz CT molecular complexity index is 1130. The summed E-state index contributed by atoms with van der Waals surface area (Å²) < 4.78 is 5.87. The Hall–Kier alpha value is -3.13. The van der Waals surface area contributed by atoms with Crippen LogP contribution in [0.5, 0.6) is 5.75 Å². The maximum Gasteiger partial charge on any atom is 0.185 e. The van der Waals surface area contributed by atoms with Gasteiger partial charge in [-0.3, -0.25) is 5.10 Å². The van der Waals surface area contributed by atoms with Crippen LogP contribution in [0.2, 0.25) is 0 Å². The zero-order valence-electron chi connectivity index (χ0n) is 17.1. The number of aromatic amines is 1. The molecular formula is C22H24N6OS. The van der Waals surface area contributed by atoms with E-state index in [1.54, 1.807) is 11.3 Å². The predicted molar refractivity (Wildman–Crippen MR) is 122 cm³/mol. The number of hydrogen-bond acceptors (Lipinski definition) is 7. The Labute approximate surface area is 179 Å². The molecule has 0 spiro atoms. The fourth-order valence-corrected chi connectivity index (χ4v) is 4.49. The minimum atomic E-state index is 0.133. The van der Waals surface area contributed by atoms with Gasteiger partial charge < -0.3 is 14.5 Å². The molecule has 0 unspecified atom stereocenters. The number of hydrogen-bond donors (Lipinski definition) is 1. The van der Waals surface area contributed by atoms with Crippen LogP contribution in [0.25, 0.3) is 22.2 Å². The molecule has 1 aromatic carbocycles. The molecule has 1 aliphatic rings. The number of pyridine rings is 1. The normalized spacial score (nSPS) is 14.6. The topological polar surface area (TPSA) is 70.2 Å². The second kappa shape index (κ2) is 7.95. The van der Waals surface area contributed by atoms with Gasteiger partial charge in [-0.1, -0.05) is 0 Å². The van der Waals surface area contributed by atoms with E-state index in [0.29, 0.717) is 0 Å². The minimum Gasteiger partial charge on any atom is -0.491 e. The van der Waals surface area contributed by atoms with Gasteiger partial charge in [0.1, 0.15) is 17.3 Å². The van der Waals surface area contributed by atoms with Gasteiger partial charge in [0.25, 0.3) is 0 Å². The largest absolute Gasteiger partial charge is 0.491 e. The summed E-state index contributed by atoms with van der Waals surface area (Å²) in [5.74, 6) is 1.84. The van der Waals surface area contributed by atoms with Crippen LogP contribution in [0.3, 0.4) is 0 Å². The average Bonchev–Trinajstić information content (AvgIpc) is 3.44. The van der Waals surface area contributed by atoms with E-state index < -0.39 is 0 Å². The molecular weight excluding hydrogens is 396 g/mol. The summed E-state index contributed by atoms with van der Waals surface area (Å²) in [4.78, 5) is 13.7. The predicted octanol–water partition coefficient (Wildman–Crippen LogP) is 4.20. The highest BCUT2D eigenvalue weighted by atomic mass is 32.1. The van der Waals surface area contributed by atoms with Crippen LogP contribution in [0.1, 0.15) is 13.8 Å². The minimum absolute atomic E-state index is 0.133. The third-order valence-electron chi connectivity index (χ3n) is 5.22. The van der Waals surface area contributed by atoms with Crippen LogP contribution < -0.4 is 14.5 Å². The molecule has 7 nitrogen and oxygen atoms in total. The van der Waals surface area contributed by atoms with Crippen LogP contribution in [0, 0.1) is 0 Å². The summed E-state index contributed by atoms with van der Waals surface area (Å²) in [6.07, 6.45) is 3.86. The molecule has 3 aromatic heterocycles. The number of thiazole rings is 1. The number of H-pyrrole nitrogens is 1. The van der Waals surface area contributed by atoms with Crippen molar-refractivity contribution in [3.8, 4) is 17.0 Å². The van der Waals surface area contributed by atoms with Crippen LogP contribution in [0.4, 0.5) is 10.9 Å². The number of benzene rings is 1. The van der Waals surface area contributed by atoms with Gasteiger partial charge in [-0.2, -0.15) is 5.10 Å². The number of anilines is 2. The van der Waals surface area contributed by atoms with Crippen LogP contribution >= 0.6 is 11.3 Å². The molecule has 0 radical (unpaired) electrons. The lowest BCUT2D eigenvalue weighted by Crippen LogP contribution is -2.46. The number of fused-ring (bicyclic) bond motifs is 1. The number of nitrogens with one attached hydrogen (secondary N) is 1. The molecule has 4 heterocycles. The summed E-state index contributed by atoms with van der Waals surface area (Å²) in [7, 11) is 0. The van der Waals surface area contributed by atoms with Gasteiger partial charge in [-0.15, -0.1) is 11.3 Å². The third-order valence-corrected chi connectivity index (χ3v) is 6.05. The Morgan fingerprint density at radius 1 is 1.00 bits per heavy atom. The fourth-order valence-electron chi connectivity index (χ4n) is 3.80. The lowest BCUT2D eigenvalue weighted by molar-refractivity contribution is 0.243. The molecule has 1 fully saturated rings. The number of aromatic nitrogens is 4. The highest BCUT2D eigenvalue weighted by Crippen LogP contribution is 2.31. The first-order chi connectivity index (χ1) is 14.7. The van der Waals surface area contributed by atoms with Crippen molar-refractivity contribution in [2.24, 2.45) is 0 Å². The Kier molecular flexibility index (Phi) is 5.00. The van der Waals surface area contributed by atoms with Crippen LogP contribution in [-0.4, -0.2) is 52.4 Å². The van der Waals surface area contributed by atoms with E-state index in [4.69, 9.17) is 4.74 Å². The van der Waals surface area contributed by atoms with Crippen molar-refractivity contribution in [3.63, 3.8) is 0 Å². The summed E-state index contributed by atoms with van der Waals surface area (Å²) in [5.41, 5.74) is 2.97. The van der Waals surface area contributed by atoms with E-state index in [0.717, 1.165) is 65.0 Å². The molecule has 0 bridgehead atoms. The molecule has 5 rings (SSSR count). The van der Waals surface area contributed by atoms with Crippen molar-refractivity contribution < 1.29 is 4.74 Å². The molecule has 1 saturated heterocycles. The van der Waals surface area contributed by atoms with Crippen LogP contribution in [0.15, 0.2) is 48.1 Å². The van der Waals surface area contributed by atoms with Crippen molar-refractivity contribution in [2.45, 2.75) is 20.0 Å². The van der Waals surface area contributed by atoms with Crippen LogP contribution in [-0.2, 0) is 0 Å². The SMILES string of the molecule is CC(C)Oc1ccc2[nH]nc(-c3ccnc(N4CCN(c5nccs5)CC4)c3)c2c1. The van der Waals surface area contributed by atoms with E-state index >= 15 is 0 Å². The van der Waals surface area contributed by atoms with E-state index in [-0.39, 0.29) is 6.10 Å². The maximum atomic E-state index is 5.87. The molecule has 4 aromatic rings. The maximum absolute atomic E-state index is 5.87. The van der Waals surface area contributed by atoms with Crippen molar-refractivity contribution in [2.75, 3.05) is 36.0 Å². The van der Waals surface area contributed by atoms with Crippen molar-refractivity contribution in [3.05, 3.63) is 48.1 Å². The third kappa shape index (κ3) is 3.70. The van der Waals surface area contributed by atoms with Gasteiger partial charge in [0, 0.05) is 54.9 Å². The highest BCUT2D eigenvalue weighted by Gasteiger charge is 2.20. The Morgan fingerprint density at radius 3 is 2.60 bits per heavy atom. The quantitative estimate of drug-likeness (QED) is 0.522. The molecule has 154 valence electrons. The smallest absolute Gasteiger partial charge is 0.185 e. The first kappa shape index (κ1) is 18.9. The fraction of sp³-hybridized carbons (Fsp3) is 0.318. The number of piperazine rings is 1. The molecule has 8 heteroatoms. The lowest BCUT2D eigenvalue weighted by atomic mass is 10.1. The molecule has 30 heavy (non-hydrogen) atoms. The Morgan fingerprint density at radius 2 is 1.83 bits per heavy atom. The first-order valence-electron chi connectivity index (χ1n) is 10.2. The number of nitrogens with zero attached hydrogens (tertiary/aromatic N) is 5. The Balaban J connectivity index is 1.39. The van der Waals surface area contributed by atoms with E-state index in [2.05, 4.69) is 42.1 Å². The van der Waals surface area contributed by atoms with Gasteiger partial charge in [-0.25, -0.2) is 9.97 Å². The monoisotopic (exact) mass is 420 g/mol. The van der Waals surface area contributed by atoms with Gasteiger partial charge in [0.2, 0.25) is 0 Å². The van der Waals surface area contributed by atoms with Gasteiger partial charge in [0.15, 0.2) is 5.13 Å². The molecule has 0 amide bonds. The number of rotatable bonds is 5. The first-order valence-corrected chi connectivity index (χ1v) is 11.1. The van der Waals surface area contributed by atoms with Crippen molar-refractivity contribution in [1.82, 2.24) is 20.2 Å². The van der Waals surface area contributed by atoms with Crippen molar-refractivity contribution >= 4 is 33.2 Å². The van der Waals surface area contributed by atoms with Gasteiger partial charge >= 0.3 is 0 Å². The zero-order chi connectivity index (χ0) is 20.5. The van der Waals surface area contributed by atoms with E-state index in [1.807, 2.05) is 49.8 Å². The van der Waals surface area contributed by atoms with E-state index in [1.165, 1.54) is 0 Å². The lowest BCUT2D eigenvalue weighted by Gasteiger charge is -2.35. The summed E-state index contributed by atoms with van der Waals surface area (Å²) in [5, 5.41) is 11.9. The number of ether oxygens (including phenoxy) is 1.